The molecule has 0 spiro atoms. The van der Waals surface area contributed by atoms with Gasteiger partial charge < -0.3 is 0 Å². The van der Waals surface area contributed by atoms with Crippen molar-refractivity contribution in [2.75, 3.05) is 0 Å². The molecule has 1 aromatic carbocycles. The van der Waals surface area contributed by atoms with Gasteiger partial charge in [-0.3, -0.25) is 0 Å². The van der Waals surface area contributed by atoms with E-state index in [9.17, 15) is 0 Å². The molecule has 0 bridgehead atoms. The van der Waals surface area contributed by atoms with Gasteiger partial charge in [0.15, 0.2) is 0 Å². The number of hydrogen-bond acceptors (Lipinski definition) is 1. The first kappa shape index (κ1) is 6.67. The lowest BCUT2D eigenvalue weighted by Crippen LogP contribution is -1.77. The first-order chi connectivity index (χ1) is 5.95. The van der Waals surface area contributed by atoms with Crippen LogP contribution < -0.4 is 0 Å². The van der Waals surface area contributed by atoms with Crippen LogP contribution in [-0.4, -0.2) is 0 Å². The van der Waals surface area contributed by atoms with Crippen molar-refractivity contribution in [3.63, 3.8) is 0 Å². The topological polar surface area (TPSA) is 0 Å². The Bertz CT molecular complexity index is 410. The molecule has 0 amide bonds. The van der Waals surface area contributed by atoms with Gasteiger partial charge in [0.1, 0.15) is 0 Å². The maximum atomic E-state index is 2.28. The van der Waals surface area contributed by atoms with Gasteiger partial charge in [-0.15, -0.1) is 11.3 Å². The van der Waals surface area contributed by atoms with Crippen LogP contribution in [-0.2, 0) is 0 Å². The van der Waals surface area contributed by atoms with E-state index in [0.29, 0.717) is 0 Å². The van der Waals surface area contributed by atoms with Crippen LogP contribution in [0.1, 0.15) is 24.3 Å². The Morgan fingerprint density at radius 2 is 2.08 bits per heavy atom. The molecular formula is C11H10S. The highest BCUT2D eigenvalue weighted by Gasteiger charge is 2.24. The Kier molecular flexibility index (Phi) is 1.30. The molecule has 60 valence electrons. The van der Waals surface area contributed by atoms with Crippen LogP contribution >= 0.6 is 11.3 Å². The maximum absolute atomic E-state index is 2.28. The van der Waals surface area contributed by atoms with Crippen molar-refractivity contribution in [1.82, 2.24) is 0 Å². The summed E-state index contributed by atoms with van der Waals surface area (Å²) in [5, 5.41) is 3.68. The summed E-state index contributed by atoms with van der Waals surface area (Å²) in [6, 6.07) is 8.94. The Labute approximate surface area is 75.8 Å². The van der Waals surface area contributed by atoms with Crippen molar-refractivity contribution < 1.29 is 0 Å². The fourth-order valence-electron chi connectivity index (χ4n) is 1.77. The maximum Gasteiger partial charge on any atom is 0.0345 e. The molecule has 1 fully saturated rings. The highest BCUT2D eigenvalue weighted by Crippen LogP contribution is 2.43. The Balaban J connectivity index is 2.32. The van der Waals surface area contributed by atoms with E-state index in [1.807, 2.05) is 11.3 Å². The largest absolute Gasteiger partial charge is 0.144 e. The van der Waals surface area contributed by atoms with Gasteiger partial charge in [0.05, 0.1) is 0 Å². The first-order valence-electron chi connectivity index (χ1n) is 4.41. The lowest BCUT2D eigenvalue weighted by atomic mass is 10.1. The highest BCUT2D eigenvalue weighted by molar-refractivity contribution is 7.17. The molecule has 12 heavy (non-hydrogen) atoms. The molecule has 1 aliphatic carbocycles. The van der Waals surface area contributed by atoms with Gasteiger partial charge in [-0.05, 0) is 47.2 Å². The normalized spacial score (nSPS) is 17.0. The molecular weight excluding hydrogens is 164 g/mol. The first-order valence-corrected chi connectivity index (χ1v) is 5.29. The van der Waals surface area contributed by atoms with Gasteiger partial charge in [0, 0.05) is 4.70 Å². The van der Waals surface area contributed by atoms with Crippen molar-refractivity contribution in [1.29, 1.82) is 0 Å². The van der Waals surface area contributed by atoms with E-state index in [4.69, 9.17) is 0 Å². The summed E-state index contributed by atoms with van der Waals surface area (Å²) in [5.74, 6) is 0.878. The van der Waals surface area contributed by atoms with Gasteiger partial charge in [-0.1, -0.05) is 12.1 Å². The van der Waals surface area contributed by atoms with Crippen LogP contribution in [0.5, 0.6) is 0 Å². The minimum absolute atomic E-state index is 0.878. The Morgan fingerprint density at radius 3 is 2.92 bits per heavy atom. The van der Waals surface area contributed by atoms with E-state index in [1.54, 1.807) is 5.56 Å². The number of fused-ring (bicyclic) bond motifs is 1. The monoisotopic (exact) mass is 174 g/mol. The van der Waals surface area contributed by atoms with E-state index < -0.39 is 0 Å². The average Bonchev–Trinajstić information content (AvgIpc) is 2.82. The van der Waals surface area contributed by atoms with Crippen LogP contribution in [0.25, 0.3) is 10.1 Å². The van der Waals surface area contributed by atoms with Crippen molar-refractivity contribution in [3.05, 3.63) is 35.2 Å². The second kappa shape index (κ2) is 2.33. The molecule has 2 aromatic rings. The van der Waals surface area contributed by atoms with Crippen molar-refractivity contribution in [2.24, 2.45) is 0 Å². The van der Waals surface area contributed by atoms with Crippen LogP contribution in [0, 0.1) is 0 Å². The summed E-state index contributed by atoms with van der Waals surface area (Å²) in [6.07, 6.45) is 2.80. The van der Waals surface area contributed by atoms with Gasteiger partial charge in [-0.25, -0.2) is 0 Å². The lowest BCUT2D eigenvalue weighted by molar-refractivity contribution is 1.15. The number of rotatable bonds is 1. The SMILES string of the molecule is c1cc(C2CC2)c2ccsc2c1. The predicted molar refractivity (Wildman–Crippen MR) is 53.8 cm³/mol. The van der Waals surface area contributed by atoms with Crippen molar-refractivity contribution in [3.8, 4) is 0 Å². The van der Waals surface area contributed by atoms with E-state index in [-0.39, 0.29) is 0 Å². The highest BCUT2D eigenvalue weighted by atomic mass is 32.1. The average molecular weight is 174 g/mol. The summed E-state index contributed by atoms with van der Waals surface area (Å²) in [7, 11) is 0. The van der Waals surface area contributed by atoms with E-state index in [1.165, 1.54) is 22.9 Å². The fraction of sp³-hybridized carbons (Fsp3) is 0.273. The Hall–Kier alpha value is -0.820. The summed E-state index contributed by atoms with van der Waals surface area (Å²) in [6.45, 7) is 0. The van der Waals surface area contributed by atoms with Crippen LogP contribution in [0.15, 0.2) is 29.6 Å². The standard InChI is InChI=1S/C11H10S/c1-2-9(8-4-5-8)10-6-7-12-11(10)3-1/h1-3,6-8H,4-5H2. The molecule has 0 atom stereocenters. The number of benzene rings is 1. The van der Waals surface area contributed by atoms with Crippen LogP contribution in [0.3, 0.4) is 0 Å². The molecule has 1 heteroatoms. The van der Waals surface area contributed by atoms with E-state index >= 15 is 0 Å². The molecule has 3 rings (SSSR count). The molecule has 0 saturated heterocycles. The van der Waals surface area contributed by atoms with Crippen molar-refractivity contribution in [2.45, 2.75) is 18.8 Å². The molecule has 1 heterocycles. The molecule has 0 radical (unpaired) electrons. The third-order valence-corrected chi connectivity index (χ3v) is 3.43. The number of hydrogen-bond donors (Lipinski definition) is 0. The van der Waals surface area contributed by atoms with E-state index in [2.05, 4.69) is 29.6 Å². The predicted octanol–water partition coefficient (Wildman–Crippen LogP) is 3.78. The summed E-state index contributed by atoms with van der Waals surface area (Å²) in [5.41, 5.74) is 1.58. The van der Waals surface area contributed by atoms with Crippen LogP contribution in [0.2, 0.25) is 0 Å². The quantitative estimate of drug-likeness (QED) is 0.617. The molecule has 0 nitrogen and oxygen atoms in total. The minimum atomic E-state index is 0.878. The molecule has 0 aliphatic heterocycles. The number of thiophene rings is 1. The molecule has 0 unspecified atom stereocenters. The third-order valence-electron chi connectivity index (χ3n) is 2.55. The van der Waals surface area contributed by atoms with Gasteiger partial charge >= 0.3 is 0 Å². The molecule has 1 saturated carbocycles. The molecule has 1 aliphatic rings. The van der Waals surface area contributed by atoms with E-state index in [0.717, 1.165) is 5.92 Å². The minimum Gasteiger partial charge on any atom is -0.144 e. The zero-order valence-corrected chi connectivity index (χ0v) is 7.60. The molecule has 1 aromatic heterocycles. The second-order valence-electron chi connectivity index (χ2n) is 3.45. The smallest absolute Gasteiger partial charge is 0.0345 e. The second-order valence-corrected chi connectivity index (χ2v) is 4.40. The van der Waals surface area contributed by atoms with Crippen LogP contribution in [0.4, 0.5) is 0 Å². The van der Waals surface area contributed by atoms with Gasteiger partial charge in [0.2, 0.25) is 0 Å². The summed E-state index contributed by atoms with van der Waals surface area (Å²) >= 11 is 1.85. The van der Waals surface area contributed by atoms with Gasteiger partial charge in [0.25, 0.3) is 0 Å². The molecule has 0 N–H and O–H groups in total. The lowest BCUT2D eigenvalue weighted by Gasteiger charge is -1.98. The summed E-state index contributed by atoms with van der Waals surface area (Å²) < 4.78 is 1.44. The third kappa shape index (κ3) is 0.896. The zero-order valence-electron chi connectivity index (χ0n) is 6.79. The Morgan fingerprint density at radius 1 is 1.17 bits per heavy atom. The zero-order chi connectivity index (χ0) is 7.97. The fourth-order valence-corrected chi connectivity index (χ4v) is 2.59. The van der Waals surface area contributed by atoms with Gasteiger partial charge in [-0.2, -0.15) is 0 Å². The van der Waals surface area contributed by atoms with Crippen molar-refractivity contribution >= 4 is 21.4 Å². The summed E-state index contributed by atoms with van der Waals surface area (Å²) in [4.78, 5) is 0.